The number of hydroxylamine groups is 2. The van der Waals surface area contributed by atoms with E-state index in [1.807, 2.05) is 0 Å². The normalized spacial score (nSPS) is 28.6. The lowest BCUT2D eigenvalue weighted by molar-refractivity contribution is -0.420. The van der Waals surface area contributed by atoms with E-state index in [1.165, 1.54) is 13.0 Å². The van der Waals surface area contributed by atoms with Gasteiger partial charge in [0.25, 0.3) is 5.70 Å². The highest BCUT2D eigenvalue weighted by atomic mass is 35.5. The van der Waals surface area contributed by atoms with Crippen LogP contribution in [-0.2, 0) is 0 Å². The Bertz CT molecular complexity index is 272. The molecule has 1 aliphatic rings. The Balaban J connectivity index is 2.97. The van der Waals surface area contributed by atoms with Crippen LogP contribution in [0, 0.1) is 10.1 Å². The number of hydrogen-bond donors (Lipinski definition) is 1. The van der Waals surface area contributed by atoms with Crippen molar-refractivity contribution < 1.29 is 10.1 Å². The predicted molar refractivity (Wildman–Crippen MR) is 42.1 cm³/mol. The van der Waals surface area contributed by atoms with Crippen LogP contribution in [0.4, 0.5) is 0 Å². The minimum atomic E-state index is -1.24. The van der Waals surface area contributed by atoms with Crippen molar-refractivity contribution in [3.63, 3.8) is 0 Å². The molecule has 66 valence electrons. The van der Waals surface area contributed by atoms with Crippen LogP contribution in [0.3, 0.4) is 0 Å². The highest BCUT2D eigenvalue weighted by Crippen LogP contribution is 2.26. The third kappa shape index (κ3) is 1.57. The second-order valence-corrected chi connectivity index (χ2v) is 3.28. The SMILES string of the molecule is CC1(Cl)C=C([N+](=O)[O-])C=CN1O. The van der Waals surface area contributed by atoms with Crippen LogP contribution >= 0.6 is 11.6 Å². The molecule has 0 fully saturated rings. The Morgan fingerprint density at radius 1 is 1.83 bits per heavy atom. The van der Waals surface area contributed by atoms with Gasteiger partial charge in [-0.25, -0.2) is 5.06 Å². The molecule has 0 saturated carbocycles. The molecule has 1 aliphatic heterocycles. The van der Waals surface area contributed by atoms with Crippen molar-refractivity contribution in [3.8, 4) is 0 Å². The topological polar surface area (TPSA) is 66.6 Å². The second-order valence-electron chi connectivity index (χ2n) is 2.51. The molecular formula is C6H7ClN2O3. The predicted octanol–water partition coefficient (Wildman–Crippen LogP) is 1.32. The van der Waals surface area contributed by atoms with Gasteiger partial charge in [-0.05, 0) is 6.92 Å². The fourth-order valence-corrected chi connectivity index (χ4v) is 0.959. The highest BCUT2D eigenvalue weighted by Gasteiger charge is 2.30. The van der Waals surface area contributed by atoms with Gasteiger partial charge in [-0.2, -0.15) is 0 Å². The first-order valence-electron chi connectivity index (χ1n) is 3.16. The molecule has 1 unspecified atom stereocenters. The molecule has 1 N–H and O–H groups in total. The van der Waals surface area contributed by atoms with E-state index in [-0.39, 0.29) is 5.70 Å². The first-order valence-corrected chi connectivity index (χ1v) is 3.54. The number of nitro groups is 1. The van der Waals surface area contributed by atoms with Crippen molar-refractivity contribution in [1.29, 1.82) is 0 Å². The molecule has 0 aliphatic carbocycles. The Kier molecular flexibility index (Phi) is 2.08. The summed E-state index contributed by atoms with van der Waals surface area (Å²) < 4.78 is 0. The number of hydrogen-bond acceptors (Lipinski definition) is 4. The number of nitrogens with zero attached hydrogens (tertiary/aromatic N) is 2. The molecule has 6 heteroatoms. The van der Waals surface area contributed by atoms with E-state index in [1.54, 1.807) is 0 Å². The van der Waals surface area contributed by atoms with E-state index in [0.29, 0.717) is 5.06 Å². The Labute approximate surface area is 73.6 Å². The maximum Gasteiger partial charge on any atom is 0.270 e. The van der Waals surface area contributed by atoms with Crippen molar-refractivity contribution in [1.82, 2.24) is 5.06 Å². The summed E-state index contributed by atoms with van der Waals surface area (Å²) in [7, 11) is 0. The lowest BCUT2D eigenvalue weighted by Crippen LogP contribution is -2.35. The van der Waals surface area contributed by atoms with Gasteiger partial charge in [0, 0.05) is 18.4 Å². The van der Waals surface area contributed by atoms with Crippen LogP contribution in [0.2, 0.25) is 0 Å². The fourth-order valence-electron chi connectivity index (χ4n) is 0.790. The maximum atomic E-state index is 10.3. The van der Waals surface area contributed by atoms with Gasteiger partial charge in [-0.15, -0.1) is 0 Å². The summed E-state index contributed by atoms with van der Waals surface area (Å²) in [5, 5.41) is 20.1. The summed E-state index contributed by atoms with van der Waals surface area (Å²) in [6, 6.07) is 0. The molecule has 0 saturated heterocycles. The number of alkyl halides is 1. The van der Waals surface area contributed by atoms with Gasteiger partial charge in [0.15, 0.2) is 5.00 Å². The zero-order chi connectivity index (χ0) is 9.35. The Hall–Kier alpha value is -1.07. The van der Waals surface area contributed by atoms with E-state index in [9.17, 15) is 10.1 Å². The van der Waals surface area contributed by atoms with Crippen LogP contribution in [0.5, 0.6) is 0 Å². The molecular weight excluding hydrogens is 184 g/mol. The Morgan fingerprint density at radius 3 is 2.83 bits per heavy atom. The molecule has 0 aromatic rings. The Morgan fingerprint density at radius 2 is 2.42 bits per heavy atom. The van der Waals surface area contributed by atoms with Gasteiger partial charge in [-0.1, -0.05) is 11.6 Å². The summed E-state index contributed by atoms with van der Waals surface area (Å²) in [4.78, 5) is 8.47. The van der Waals surface area contributed by atoms with E-state index >= 15 is 0 Å². The van der Waals surface area contributed by atoms with Crippen molar-refractivity contribution in [3.05, 3.63) is 34.2 Å². The van der Waals surface area contributed by atoms with Crippen LogP contribution in [-0.4, -0.2) is 20.2 Å². The van der Waals surface area contributed by atoms with Gasteiger partial charge < -0.3 is 0 Å². The van der Waals surface area contributed by atoms with Gasteiger partial charge in [-0.3, -0.25) is 15.3 Å². The molecule has 0 bridgehead atoms. The minimum Gasteiger partial charge on any atom is -0.287 e. The van der Waals surface area contributed by atoms with Crippen molar-refractivity contribution in [2.45, 2.75) is 11.9 Å². The van der Waals surface area contributed by atoms with Gasteiger partial charge in [0.2, 0.25) is 0 Å². The zero-order valence-corrected chi connectivity index (χ0v) is 7.02. The molecule has 1 atom stereocenters. The van der Waals surface area contributed by atoms with Crippen LogP contribution < -0.4 is 0 Å². The van der Waals surface area contributed by atoms with Gasteiger partial charge in [0.05, 0.1) is 4.92 Å². The summed E-state index contributed by atoms with van der Waals surface area (Å²) in [5.74, 6) is 0. The largest absolute Gasteiger partial charge is 0.287 e. The van der Waals surface area contributed by atoms with Gasteiger partial charge >= 0.3 is 0 Å². The summed E-state index contributed by atoms with van der Waals surface area (Å²) in [6.45, 7) is 1.45. The van der Waals surface area contributed by atoms with E-state index < -0.39 is 9.92 Å². The summed E-state index contributed by atoms with van der Waals surface area (Å²) in [5.41, 5.74) is -0.127. The first-order chi connectivity index (χ1) is 5.43. The minimum absolute atomic E-state index is 0.127. The average Bonchev–Trinajstić information content (AvgIpc) is 1.94. The third-order valence-electron chi connectivity index (χ3n) is 1.46. The smallest absolute Gasteiger partial charge is 0.270 e. The lowest BCUT2D eigenvalue weighted by Gasteiger charge is -2.28. The van der Waals surface area contributed by atoms with E-state index in [4.69, 9.17) is 16.8 Å². The van der Waals surface area contributed by atoms with Crippen molar-refractivity contribution in [2.75, 3.05) is 0 Å². The highest BCUT2D eigenvalue weighted by molar-refractivity contribution is 6.24. The van der Waals surface area contributed by atoms with E-state index in [2.05, 4.69) is 0 Å². The van der Waals surface area contributed by atoms with Crippen LogP contribution in [0.1, 0.15) is 6.92 Å². The molecule has 0 aromatic heterocycles. The second kappa shape index (κ2) is 2.76. The molecule has 5 nitrogen and oxygen atoms in total. The van der Waals surface area contributed by atoms with E-state index in [0.717, 1.165) is 12.3 Å². The first kappa shape index (κ1) is 9.02. The molecule has 1 heterocycles. The summed E-state index contributed by atoms with van der Waals surface area (Å²) >= 11 is 5.71. The monoisotopic (exact) mass is 190 g/mol. The quantitative estimate of drug-likeness (QED) is 0.293. The molecule has 0 amide bonds. The van der Waals surface area contributed by atoms with Crippen LogP contribution in [0.15, 0.2) is 24.0 Å². The zero-order valence-electron chi connectivity index (χ0n) is 6.27. The average molecular weight is 191 g/mol. The van der Waals surface area contributed by atoms with Gasteiger partial charge in [0.1, 0.15) is 0 Å². The van der Waals surface area contributed by atoms with Crippen molar-refractivity contribution >= 4 is 11.6 Å². The standard InChI is InChI=1S/C6H7ClN2O3/c1-6(7)4-5(9(11)12)2-3-8(6)10/h2-4,10H,1H3. The number of halogens is 1. The molecule has 0 aromatic carbocycles. The molecule has 0 spiro atoms. The molecule has 12 heavy (non-hydrogen) atoms. The maximum absolute atomic E-state index is 10.3. The molecule has 0 radical (unpaired) electrons. The van der Waals surface area contributed by atoms with Crippen molar-refractivity contribution in [2.24, 2.45) is 0 Å². The third-order valence-corrected chi connectivity index (χ3v) is 1.74. The lowest BCUT2D eigenvalue weighted by atomic mass is 10.2. The molecule has 1 rings (SSSR count). The number of allylic oxidation sites excluding steroid dienone is 1. The van der Waals surface area contributed by atoms with Crippen LogP contribution in [0.25, 0.3) is 0 Å². The summed E-state index contributed by atoms with van der Waals surface area (Å²) in [6.07, 6.45) is 3.48. The number of rotatable bonds is 1. The fraction of sp³-hybridized carbons (Fsp3) is 0.333.